The average molecular weight is 292 g/mol. The van der Waals surface area contributed by atoms with E-state index in [0.29, 0.717) is 0 Å². The van der Waals surface area contributed by atoms with Crippen LogP contribution < -0.4 is 0 Å². The minimum atomic E-state index is -3.29. The molecule has 8 heteroatoms. The average Bonchev–Trinajstić information content (AvgIpc) is 2.04. The van der Waals surface area contributed by atoms with Gasteiger partial charge in [0.25, 0.3) is 0 Å². The van der Waals surface area contributed by atoms with Crippen molar-refractivity contribution in [2.45, 2.75) is 0 Å². The summed E-state index contributed by atoms with van der Waals surface area (Å²) in [4.78, 5) is 0. The molecule has 5 nitrogen and oxygen atoms in total. The highest BCUT2D eigenvalue weighted by atomic mass is 79.9. The van der Waals surface area contributed by atoms with Crippen LogP contribution in [0.15, 0.2) is 0 Å². The van der Waals surface area contributed by atoms with E-state index in [1.54, 1.807) is 0 Å². The lowest BCUT2D eigenvalue weighted by Crippen LogP contribution is -2.43. The lowest BCUT2D eigenvalue weighted by atomic mass is 10.6. The summed E-state index contributed by atoms with van der Waals surface area (Å²) >= 11 is 2.86. The molecule has 1 heterocycles. The van der Waals surface area contributed by atoms with Gasteiger partial charge >= 0.3 is 0 Å². The Balaban J connectivity index is 2.71. The first-order valence-corrected chi connectivity index (χ1v) is 8.17. The summed E-state index contributed by atoms with van der Waals surface area (Å²) in [5.74, 6) is -0.140. The van der Waals surface area contributed by atoms with Gasteiger partial charge in [0.1, 0.15) is 4.66 Å². The molecule has 78 valence electrons. The fraction of sp³-hybridized carbons (Fsp3) is 1.00. The van der Waals surface area contributed by atoms with Crippen molar-refractivity contribution in [3.8, 4) is 0 Å². The van der Waals surface area contributed by atoms with Crippen LogP contribution in [0.4, 0.5) is 0 Å². The SMILES string of the molecule is O=S1(=O)CCN(S(=O)(=O)CBr)CC1. The topological polar surface area (TPSA) is 71.5 Å². The number of halogens is 1. The van der Waals surface area contributed by atoms with Crippen molar-refractivity contribution in [3.63, 3.8) is 0 Å². The standard InChI is InChI=1S/C5H10BrNO4S2/c6-5-13(10,11)7-1-3-12(8,9)4-2-7/h1-5H2. The molecule has 1 rings (SSSR count). The molecule has 0 N–H and O–H groups in total. The molecule has 13 heavy (non-hydrogen) atoms. The summed E-state index contributed by atoms with van der Waals surface area (Å²) in [6.45, 7) is 0.159. The number of sulfonamides is 1. The van der Waals surface area contributed by atoms with Gasteiger partial charge in [0.15, 0.2) is 9.84 Å². The maximum atomic E-state index is 11.2. The third kappa shape index (κ3) is 2.90. The van der Waals surface area contributed by atoms with Crippen LogP contribution in [0.5, 0.6) is 0 Å². The van der Waals surface area contributed by atoms with Gasteiger partial charge in [0, 0.05) is 13.1 Å². The summed E-state index contributed by atoms with van der Waals surface area (Å²) in [5, 5.41) is 0. The van der Waals surface area contributed by atoms with Crippen LogP contribution in [0.25, 0.3) is 0 Å². The highest BCUT2D eigenvalue weighted by molar-refractivity contribution is 9.10. The maximum Gasteiger partial charge on any atom is 0.224 e. The number of rotatable bonds is 2. The molecule has 0 radical (unpaired) electrons. The van der Waals surface area contributed by atoms with Gasteiger partial charge in [-0.2, -0.15) is 4.31 Å². The van der Waals surface area contributed by atoms with E-state index in [9.17, 15) is 16.8 Å². The Morgan fingerprint density at radius 1 is 1.23 bits per heavy atom. The van der Waals surface area contributed by atoms with E-state index < -0.39 is 19.9 Å². The molecule has 0 aromatic carbocycles. The van der Waals surface area contributed by atoms with Gasteiger partial charge in [-0.1, -0.05) is 15.9 Å². The van der Waals surface area contributed by atoms with E-state index in [2.05, 4.69) is 15.9 Å². The fourth-order valence-corrected chi connectivity index (χ4v) is 4.22. The zero-order chi connectivity index (χ0) is 10.1. The summed E-state index contributed by atoms with van der Waals surface area (Å²) in [5.41, 5.74) is 0. The van der Waals surface area contributed by atoms with Crippen LogP contribution in [-0.4, -0.2) is 50.4 Å². The first-order valence-electron chi connectivity index (χ1n) is 3.61. The first kappa shape index (κ1) is 11.4. The van der Waals surface area contributed by atoms with Crippen molar-refractivity contribution in [2.24, 2.45) is 0 Å². The van der Waals surface area contributed by atoms with E-state index in [0.717, 1.165) is 0 Å². The predicted octanol–water partition coefficient (Wildman–Crippen LogP) is -0.601. The summed E-state index contributed by atoms with van der Waals surface area (Å²) in [6.07, 6.45) is 0. The fourth-order valence-electron chi connectivity index (χ4n) is 1.04. The second-order valence-corrected chi connectivity index (χ2v) is 8.35. The van der Waals surface area contributed by atoms with E-state index >= 15 is 0 Å². The molecule has 1 fully saturated rings. The first-order chi connectivity index (χ1) is 5.87. The minimum Gasteiger partial charge on any atom is -0.229 e. The molecule has 1 aliphatic heterocycles. The smallest absolute Gasteiger partial charge is 0.224 e. The van der Waals surface area contributed by atoms with Crippen LogP contribution in [0.3, 0.4) is 0 Å². The molecule has 0 unspecified atom stereocenters. The molecule has 0 saturated carbocycles. The Hall–Kier alpha value is 0.340. The van der Waals surface area contributed by atoms with Crippen LogP contribution in [0.2, 0.25) is 0 Å². The Morgan fingerprint density at radius 2 is 1.69 bits per heavy atom. The van der Waals surface area contributed by atoms with Gasteiger partial charge in [-0.15, -0.1) is 0 Å². The molecule has 0 aromatic rings. The Kier molecular flexibility index (Phi) is 3.37. The quantitative estimate of drug-likeness (QED) is 0.637. The maximum absolute atomic E-state index is 11.2. The summed E-state index contributed by atoms with van der Waals surface area (Å²) in [6, 6.07) is 0. The molecule has 0 aromatic heterocycles. The zero-order valence-electron chi connectivity index (χ0n) is 6.81. The molecule has 0 bridgehead atoms. The van der Waals surface area contributed by atoms with Crippen LogP contribution in [-0.2, 0) is 19.9 Å². The third-order valence-corrected chi connectivity index (χ3v) is 6.61. The lowest BCUT2D eigenvalue weighted by Gasteiger charge is -2.24. The second kappa shape index (κ2) is 3.84. The van der Waals surface area contributed by atoms with Gasteiger partial charge in [-0.25, -0.2) is 16.8 Å². The predicted molar refractivity (Wildman–Crippen MR) is 52.9 cm³/mol. The van der Waals surface area contributed by atoms with Crippen molar-refractivity contribution in [1.29, 1.82) is 0 Å². The van der Waals surface area contributed by atoms with Crippen molar-refractivity contribution < 1.29 is 16.8 Å². The van der Waals surface area contributed by atoms with Crippen molar-refractivity contribution >= 4 is 35.8 Å². The molecular weight excluding hydrogens is 282 g/mol. The molecule has 0 spiro atoms. The molecular formula is C5H10BrNO4S2. The Bertz CT molecular complexity index is 359. The highest BCUT2D eigenvalue weighted by Gasteiger charge is 2.28. The lowest BCUT2D eigenvalue weighted by molar-refractivity contribution is 0.434. The van der Waals surface area contributed by atoms with Crippen LogP contribution in [0, 0.1) is 0 Å². The number of alkyl halides is 1. The van der Waals surface area contributed by atoms with Crippen molar-refractivity contribution in [1.82, 2.24) is 4.31 Å². The second-order valence-electron chi connectivity index (χ2n) is 2.77. The number of hydrogen-bond acceptors (Lipinski definition) is 4. The molecule has 0 amide bonds. The Morgan fingerprint density at radius 3 is 2.08 bits per heavy atom. The van der Waals surface area contributed by atoms with Crippen molar-refractivity contribution in [2.75, 3.05) is 29.3 Å². The normalized spacial score (nSPS) is 24.4. The van der Waals surface area contributed by atoms with Crippen LogP contribution in [0.1, 0.15) is 0 Å². The zero-order valence-corrected chi connectivity index (χ0v) is 10.0. The van der Waals surface area contributed by atoms with Crippen molar-refractivity contribution in [3.05, 3.63) is 0 Å². The van der Waals surface area contributed by atoms with Gasteiger partial charge in [-0.05, 0) is 0 Å². The molecule has 0 aliphatic carbocycles. The van der Waals surface area contributed by atoms with Gasteiger partial charge < -0.3 is 0 Å². The number of nitrogens with zero attached hydrogens (tertiary/aromatic N) is 1. The van der Waals surface area contributed by atoms with E-state index in [1.165, 1.54) is 4.31 Å². The molecule has 1 aliphatic rings. The Labute approximate surface area is 86.2 Å². The van der Waals surface area contributed by atoms with Gasteiger partial charge in [-0.3, -0.25) is 0 Å². The summed E-state index contributed by atoms with van der Waals surface area (Å²) < 4.78 is 45.5. The van der Waals surface area contributed by atoms with E-state index in [1.807, 2.05) is 0 Å². The van der Waals surface area contributed by atoms with Gasteiger partial charge in [0.2, 0.25) is 10.0 Å². The molecule has 1 saturated heterocycles. The van der Waals surface area contributed by atoms with Crippen LogP contribution >= 0.6 is 15.9 Å². The molecule has 0 atom stereocenters. The minimum absolute atomic E-state index is 0.0702. The number of sulfone groups is 1. The summed E-state index contributed by atoms with van der Waals surface area (Å²) in [7, 11) is -6.29. The number of hydrogen-bond donors (Lipinski definition) is 0. The van der Waals surface area contributed by atoms with E-state index in [-0.39, 0.29) is 29.3 Å². The third-order valence-electron chi connectivity index (χ3n) is 1.83. The highest BCUT2D eigenvalue weighted by Crippen LogP contribution is 2.10. The monoisotopic (exact) mass is 291 g/mol. The van der Waals surface area contributed by atoms with Gasteiger partial charge in [0.05, 0.1) is 11.5 Å². The largest absolute Gasteiger partial charge is 0.229 e. The van der Waals surface area contributed by atoms with E-state index in [4.69, 9.17) is 0 Å².